The number of nitrogens with zero attached hydrogens (tertiary/aromatic N) is 4. The fourth-order valence-electron chi connectivity index (χ4n) is 5.15. The number of amides is 3. The van der Waals surface area contributed by atoms with Gasteiger partial charge < -0.3 is 30.1 Å². The van der Waals surface area contributed by atoms with Gasteiger partial charge in [0.15, 0.2) is 0 Å². The Bertz CT molecular complexity index is 1300. The van der Waals surface area contributed by atoms with Crippen LogP contribution in [0.1, 0.15) is 31.7 Å². The third-order valence-corrected chi connectivity index (χ3v) is 7.92. The van der Waals surface area contributed by atoms with Gasteiger partial charge in [-0.2, -0.15) is 0 Å². The SMILES string of the molecule is CCC(=S)NC[C@H]1CN(c2ccc(N3CCN(C(=O)CCCc4ccc(NC(=O)CN(C)C)cc4)CC3)c(F)c2)C(=O)O1. The van der Waals surface area contributed by atoms with Crippen molar-refractivity contribution in [1.82, 2.24) is 15.1 Å². The highest BCUT2D eigenvalue weighted by Gasteiger charge is 2.33. The normalized spacial score (nSPS) is 16.8. The van der Waals surface area contributed by atoms with Crippen molar-refractivity contribution in [2.24, 2.45) is 0 Å². The van der Waals surface area contributed by atoms with Gasteiger partial charge >= 0.3 is 6.09 Å². The summed E-state index contributed by atoms with van der Waals surface area (Å²) in [5.41, 5.74) is 2.77. The van der Waals surface area contributed by atoms with Gasteiger partial charge in [0.25, 0.3) is 0 Å². The lowest BCUT2D eigenvalue weighted by atomic mass is 10.1. The number of thiocarbonyl (C=S) groups is 1. The summed E-state index contributed by atoms with van der Waals surface area (Å²) in [4.78, 5) is 44.9. The van der Waals surface area contributed by atoms with E-state index < -0.39 is 11.9 Å². The minimum atomic E-state index is -0.505. The Labute approximate surface area is 258 Å². The van der Waals surface area contributed by atoms with E-state index in [1.54, 1.807) is 12.1 Å². The van der Waals surface area contributed by atoms with E-state index in [0.717, 1.165) is 24.1 Å². The van der Waals surface area contributed by atoms with Crippen LogP contribution >= 0.6 is 12.2 Å². The Morgan fingerprint density at radius 2 is 1.81 bits per heavy atom. The van der Waals surface area contributed by atoms with Gasteiger partial charge in [-0.25, -0.2) is 9.18 Å². The number of hydrogen-bond donors (Lipinski definition) is 2. The van der Waals surface area contributed by atoms with Crippen molar-refractivity contribution in [2.45, 2.75) is 38.7 Å². The topological polar surface area (TPSA) is 97.5 Å². The standard InChI is InChI=1S/C31H41FN6O4S/c1-4-29(43)33-19-25-20-38(31(41)42-25)24-12-13-27(26(32)18-24)36-14-16-37(17-15-36)30(40)7-5-6-22-8-10-23(11-9-22)34-28(39)21-35(2)3/h8-13,18,25H,4-7,14-17,19-21H2,1-3H3,(H,33,43)(H,34,39)/t25-/m0/s1. The molecule has 0 radical (unpaired) electrons. The summed E-state index contributed by atoms with van der Waals surface area (Å²) in [5, 5.41) is 5.95. The van der Waals surface area contributed by atoms with E-state index in [4.69, 9.17) is 17.0 Å². The molecule has 2 N–H and O–H groups in total. The van der Waals surface area contributed by atoms with E-state index in [-0.39, 0.29) is 17.9 Å². The van der Waals surface area contributed by atoms with Crippen LogP contribution in [0, 0.1) is 5.82 Å². The van der Waals surface area contributed by atoms with Crippen molar-refractivity contribution in [1.29, 1.82) is 0 Å². The molecule has 2 aromatic carbocycles. The first-order chi connectivity index (χ1) is 20.6. The fourth-order valence-corrected chi connectivity index (χ4v) is 5.24. The van der Waals surface area contributed by atoms with Gasteiger partial charge in [0.1, 0.15) is 11.9 Å². The lowest BCUT2D eigenvalue weighted by Gasteiger charge is -2.36. The van der Waals surface area contributed by atoms with Crippen LogP contribution in [-0.2, 0) is 20.7 Å². The van der Waals surface area contributed by atoms with Gasteiger partial charge in [0.05, 0.1) is 36.0 Å². The average Bonchev–Trinajstić information content (AvgIpc) is 3.36. The van der Waals surface area contributed by atoms with Crippen molar-refractivity contribution in [3.05, 3.63) is 53.8 Å². The van der Waals surface area contributed by atoms with Crippen LogP contribution in [0.25, 0.3) is 0 Å². The van der Waals surface area contributed by atoms with E-state index in [2.05, 4.69) is 10.6 Å². The van der Waals surface area contributed by atoms with Crippen LogP contribution < -0.4 is 20.4 Å². The summed E-state index contributed by atoms with van der Waals surface area (Å²) in [6, 6.07) is 12.5. The molecule has 232 valence electrons. The molecular weight excluding hydrogens is 571 g/mol. The van der Waals surface area contributed by atoms with E-state index >= 15 is 4.39 Å². The number of ether oxygens (including phenoxy) is 1. The molecule has 2 aliphatic rings. The summed E-state index contributed by atoms with van der Waals surface area (Å²) in [5.74, 6) is -0.381. The second-order valence-electron chi connectivity index (χ2n) is 11.1. The summed E-state index contributed by atoms with van der Waals surface area (Å²) < 4.78 is 20.6. The maximum Gasteiger partial charge on any atom is 0.414 e. The van der Waals surface area contributed by atoms with E-state index in [1.165, 1.54) is 11.0 Å². The van der Waals surface area contributed by atoms with Crippen LogP contribution in [-0.4, -0.2) is 98.7 Å². The molecule has 0 bridgehead atoms. The van der Waals surface area contributed by atoms with Gasteiger partial charge in [-0.05, 0) is 69.3 Å². The van der Waals surface area contributed by atoms with Crippen LogP contribution in [0.2, 0.25) is 0 Å². The number of rotatable bonds is 12. The Morgan fingerprint density at radius 1 is 1.09 bits per heavy atom. The van der Waals surface area contributed by atoms with E-state index in [1.807, 2.05) is 60.0 Å². The molecule has 10 nitrogen and oxygen atoms in total. The van der Waals surface area contributed by atoms with Gasteiger partial charge in [-0.3, -0.25) is 14.5 Å². The number of aryl methyl sites for hydroxylation is 1. The van der Waals surface area contributed by atoms with E-state index in [0.29, 0.717) is 75.0 Å². The number of piperazine rings is 1. The molecule has 2 saturated heterocycles. The molecule has 4 rings (SSSR count). The minimum absolute atomic E-state index is 0.0627. The Morgan fingerprint density at radius 3 is 2.47 bits per heavy atom. The number of cyclic esters (lactones) is 1. The largest absolute Gasteiger partial charge is 0.442 e. The van der Waals surface area contributed by atoms with Crippen molar-refractivity contribution < 1.29 is 23.5 Å². The highest BCUT2D eigenvalue weighted by Crippen LogP contribution is 2.28. The predicted octanol–water partition coefficient (Wildman–Crippen LogP) is 3.65. The molecule has 0 spiro atoms. The van der Waals surface area contributed by atoms with Crippen LogP contribution in [0.3, 0.4) is 0 Å². The Hall–Kier alpha value is -3.77. The number of carbonyl (C=O) groups excluding carboxylic acids is 3. The number of halogens is 1. The first kappa shape index (κ1) is 32.2. The third-order valence-electron chi connectivity index (χ3n) is 7.49. The first-order valence-corrected chi connectivity index (χ1v) is 15.1. The Balaban J connectivity index is 1.20. The maximum atomic E-state index is 15.2. The summed E-state index contributed by atoms with van der Waals surface area (Å²) >= 11 is 5.16. The van der Waals surface area contributed by atoms with Gasteiger partial charge in [-0.15, -0.1) is 0 Å². The van der Waals surface area contributed by atoms with Gasteiger partial charge in [0, 0.05) is 38.3 Å². The molecule has 2 aromatic rings. The fraction of sp³-hybridized carbons (Fsp3) is 0.484. The molecule has 2 fully saturated rings. The highest BCUT2D eigenvalue weighted by molar-refractivity contribution is 7.80. The van der Waals surface area contributed by atoms with Crippen molar-refractivity contribution in [3.8, 4) is 0 Å². The Kier molecular flexibility index (Phi) is 11.3. The second-order valence-corrected chi connectivity index (χ2v) is 11.6. The quantitative estimate of drug-likeness (QED) is 0.351. The molecular formula is C31H41FN6O4S. The van der Waals surface area contributed by atoms with Crippen LogP contribution in [0.4, 0.5) is 26.2 Å². The number of anilines is 3. The van der Waals surface area contributed by atoms with Gasteiger partial charge in [0.2, 0.25) is 11.8 Å². The molecule has 0 aliphatic carbocycles. The summed E-state index contributed by atoms with van der Waals surface area (Å²) in [6.07, 6.45) is 1.78. The molecule has 2 heterocycles. The summed E-state index contributed by atoms with van der Waals surface area (Å²) in [7, 11) is 3.69. The van der Waals surface area contributed by atoms with Gasteiger partial charge in [-0.1, -0.05) is 31.3 Å². The average molecular weight is 613 g/mol. The first-order valence-electron chi connectivity index (χ1n) is 14.7. The van der Waals surface area contributed by atoms with E-state index in [9.17, 15) is 14.4 Å². The maximum absolute atomic E-state index is 15.2. The number of carbonyl (C=O) groups is 3. The number of likely N-dealkylation sites (N-methyl/N-ethyl adjacent to an activating group) is 1. The molecule has 1 atom stereocenters. The second kappa shape index (κ2) is 15.1. The lowest BCUT2D eigenvalue weighted by Crippen LogP contribution is -2.49. The zero-order valence-electron chi connectivity index (χ0n) is 25.1. The smallest absolute Gasteiger partial charge is 0.414 e. The zero-order valence-corrected chi connectivity index (χ0v) is 25.9. The lowest BCUT2D eigenvalue weighted by molar-refractivity contribution is -0.131. The molecule has 2 aliphatic heterocycles. The van der Waals surface area contributed by atoms with Crippen molar-refractivity contribution >= 4 is 52.2 Å². The molecule has 43 heavy (non-hydrogen) atoms. The minimum Gasteiger partial charge on any atom is -0.442 e. The number of benzene rings is 2. The molecule has 3 amide bonds. The number of hydrogen-bond acceptors (Lipinski definition) is 7. The molecule has 0 unspecified atom stereocenters. The molecule has 0 aromatic heterocycles. The van der Waals surface area contributed by atoms with Crippen LogP contribution in [0.15, 0.2) is 42.5 Å². The predicted molar refractivity (Wildman–Crippen MR) is 170 cm³/mol. The highest BCUT2D eigenvalue weighted by atomic mass is 32.1. The molecule has 0 saturated carbocycles. The summed E-state index contributed by atoms with van der Waals surface area (Å²) in [6.45, 7) is 5.11. The number of nitrogens with one attached hydrogen (secondary N) is 2. The molecule has 12 heteroatoms. The van der Waals surface area contributed by atoms with Crippen molar-refractivity contribution in [3.63, 3.8) is 0 Å². The van der Waals surface area contributed by atoms with Crippen LogP contribution in [0.5, 0.6) is 0 Å². The monoisotopic (exact) mass is 612 g/mol. The van der Waals surface area contributed by atoms with Crippen molar-refractivity contribution in [2.75, 3.05) is 75.0 Å². The third kappa shape index (κ3) is 9.11. The zero-order chi connectivity index (χ0) is 30.9.